The first-order valence-electron chi connectivity index (χ1n) is 14.3. The fourth-order valence-corrected chi connectivity index (χ4v) is 5.59. The number of nitrogens with one attached hydrogen (secondary N) is 1. The SMILES string of the molecule is CCN(c1ccc(C(=O)NCc2ccc(S(=O)(=O)CC)cn2)cn1)N(CC1CCC(C(F)(F)F)CC1)C(=O)OC(C)(C)C. The van der Waals surface area contributed by atoms with Gasteiger partial charge in [0.05, 0.1) is 34.4 Å². The van der Waals surface area contributed by atoms with Crippen LogP contribution in [-0.2, 0) is 21.1 Å². The van der Waals surface area contributed by atoms with Crippen molar-refractivity contribution in [2.75, 3.05) is 23.9 Å². The molecule has 238 valence electrons. The highest BCUT2D eigenvalue weighted by atomic mass is 32.2. The third-order valence-corrected chi connectivity index (χ3v) is 8.90. The lowest BCUT2D eigenvalue weighted by Crippen LogP contribution is -2.51. The van der Waals surface area contributed by atoms with E-state index in [2.05, 4.69) is 15.3 Å². The molecule has 1 aliphatic rings. The van der Waals surface area contributed by atoms with Crippen molar-refractivity contribution in [2.45, 2.75) is 83.5 Å². The van der Waals surface area contributed by atoms with Crippen LogP contribution in [0.5, 0.6) is 0 Å². The van der Waals surface area contributed by atoms with Gasteiger partial charge < -0.3 is 10.1 Å². The highest BCUT2D eigenvalue weighted by molar-refractivity contribution is 7.91. The number of rotatable bonds is 10. The molecular weight excluding hydrogens is 587 g/mol. The van der Waals surface area contributed by atoms with Crippen LogP contribution in [0.1, 0.15) is 76.4 Å². The first-order chi connectivity index (χ1) is 20.0. The van der Waals surface area contributed by atoms with Crippen molar-refractivity contribution < 1.29 is 35.9 Å². The van der Waals surface area contributed by atoms with Gasteiger partial charge in [-0.05, 0) is 83.6 Å². The Morgan fingerprint density at radius 3 is 2.16 bits per heavy atom. The summed E-state index contributed by atoms with van der Waals surface area (Å²) in [5.74, 6) is -1.58. The van der Waals surface area contributed by atoms with Crippen molar-refractivity contribution in [3.05, 3.63) is 47.9 Å². The summed E-state index contributed by atoms with van der Waals surface area (Å²) in [5, 5.41) is 5.70. The molecule has 0 aromatic carbocycles. The maximum absolute atomic E-state index is 13.3. The average molecular weight is 628 g/mol. The maximum atomic E-state index is 13.3. The van der Waals surface area contributed by atoms with Gasteiger partial charge in [-0.15, -0.1) is 0 Å². The second-order valence-corrected chi connectivity index (χ2v) is 13.8. The van der Waals surface area contributed by atoms with E-state index in [0.29, 0.717) is 30.9 Å². The molecule has 10 nitrogen and oxygen atoms in total. The zero-order valence-electron chi connectivity index (χ0n) is 25.1. The number of carbonyl (C=O) groups excluding carboxylic acids is 2. The van der Waals surface area contributed by atoms with E-state index in [-0.39, 0.29) is 48.1 Å². The molecule has 0 bridgehead atoms. The number of hydrogen-bond acceptors (Lipinski definition) is 8. The van der Waals surface area contributed by atoms with E-state index in [4.69, 9.17) is 4.74 Å². The summed E-state index contributed by atoms with van der Waals surface area (Å²) in [6.45, 7) is 9.10. The van der Waals surface area contributed by atoms with Crippen molar-refractivity contribution in [1.82, 2.24) is 20.3 Å². The fraction of sp³-hybridized carbons (Fsp3) is 0.586. The van der Waals surface area contributed by atoms with Crippen molar-refractivity contribution in [1.29, 1.82) is 0 Å². The monoisotopic (exact) mass is 627 g/mol. The number of ether oxygens (including phenoxy) is 1. The number of hydrogen-bond donors (Lipinski definition) is 1. The molecule has 1 N–H and O–H groups in total. The Morgan fingerprint density at radius 2 is 1.67 bits per heavy atom. The van der Waals surface area contributed by atoms with Gasteiger partial charge in [-0.2, -0.15) is 13.2 Å². The van der Waals surface area contributed by atoms with Crippen LogP contribution in [0, 0.1) is 11.8 Å². The van der Waals surface area contributed by atoms with E-state index < -0.39 is 39.5 Å². The number of carbonyl (C=O) groups is 2. The molecule has 0 saturated heterocycles. The largest absolute Gasteiger partial charge is 0.442 e. The van der Waals surface area contributed by atoms with Gasteiger partial charge in [0.2, 0.25) is 0 Å². The van der Waals surface area contributed by atoms with Crippen LogP contribution in [0.15, 0.2) is 41.6 Å². The molecule has 14 heteroatoms. The smallest absolute Gasteiger partial charge is 0.429 e. The Labute approximate surface area is 250 Å². The summed E-state index contributed by atoms with van der Waals surface area (Å²) in [7, 11) is -3.38. The third kappa shape index (κ3) is 9.54. The van der Waals surface area contributed by atoms with Crippen LogP contribution >= 0.6 is 0 Å². The summed E-state index contributed by atoms with van der Waals surface area (Å²) in [6, 6.07) is 6.11. The van der Waals surface area contributed by atoms with E-state index in [1.54, 1.807) is 44.8 Å². The summed E-state index contributed by atoms with van der Waals surface area (Å²) >= 11 is 0. The average Bonchev–Trinajstić information content (AvgIpc) is 2.95. The van der Waals surface area contributed by atoms with Crippen molar-refractivity contribution in [3.63, 3.8) is 0 Å². The van der Waals surface area contributed by atoms with Crippen LogP contribution in [0.25, 0.3) is 0 Å². The number of nitrogens with zero attached hydrogens (tertiary/aromatic N) is 4. The van der Waals surface area contributed by atoms with Gasteiger partial charge in [0.25, 0.3) is 5.91 Å². The number of hydrazine groups is 1. The Balaban J connectivity index is 1.70. The zero-order chi connectivity index (χ0) is 32.0. The summed E-state index contributed by atoms with van der Waals surface area (Å²) in [4.78, 5) is 34.6. The number of pyridine rings is 2. The molecule has 2 aromatic rings. The molecule has 43 heavy (non-hydrogen) atoms. The predicted octanol–water partition coefficient (Wildman–Crippen LogP) is 5.55. The molecule has 1 aliphatic carbocycles. The van der Waals surface area contributed by atoms with E-state index in [9.17, 15) is 31.2 Å². The molecule has 0 unspecified atom stereocenters. The molecule has 2 aromatic heterocycles. The molecule has 2 heterocycles. The molecule has 3 rings (SSSR count). The van der Waals surface area contributed by atoms with E-state index in [1.807, 2.05) is 6.92 Å². The number of aromatic nitrogens is 2. The van der Waals surface area contributed by atoms with Gasteiger partial charge in [-0.25, -0.2) is 23.2 Å². The number of sulfone groups is 1. The lowest BCUT2D eigenvalue weighted by molar-refractivity contribution is -0.184. The Bertz CT molecular complexity index is 1340. The quantitative estimate of drug-likeness (QED) is 0.341. The van der Waals surface area contributed by atoms with Gasteiger partial charge in [0.15, 0.2) is 9.84 Å². The normalized spacial score (nSPS) is 17.7. The van der Waals surface area contributed by atoms with Crippen molar-refractivity contribution in [2.24, 2.45) is 11.8 Å². The second kappa shape index (κ2) is 13.9. The molecule has 0 spiro atoms. The first-order valence-corrected chi connectivity index (χ1v) is 16.0. The first kappa shape index (κ1) is 34.1. The molecule has 2 amide bonds. The topological polar surface area (TPSA) is 122 Å². The van der Waals surface area contributed by atoms with E-state index >= 15 is 0 Å². The van der Waals surface area contributed by atoms with E-state index in [1.165, 1.54) is 29.5 Å². The lowest BCUT2D eigenvalue weighted by Gasteiger charge is -2.39. The van der Waals surface area contributed by atoms with E-state index in [0.717, 1.165) is 0 Å². The van der Waals surface area contributed by atoms with Crippen LogP contribution in [-0.4, -0.2) is 66.0 Å². The summed E-state index contributed by atoms with van der Waals surface area (Å²) in [5.41, 5.74) is -0.0704. The van der Waals surface area contributed by atoms with Crippen molar-refractivity contribution >= 4 is 27.7 Å². The molecule has 0 atom stereocenters. The Kier molecular flexibility index (Phi) is 11.0. The molecule has 1 fully saturated rings. The maximum Gasteiger partial charge on any atom is 0.429 e. The van der Waals surface area contributed by atoms with Crippen LogP contribution in [0.2, 0.25) is 0 Å². The third-order valence-electron chi connectivity index (χ3n) is 7.18. The van der Waals surface area contributed by atoms with Gasteiger partial charge in [-0.1, -0.05) is 6.92 Å². The molecule has 0 aliphatic heterocycles. The van der Waals surface area contributed by atoms with Crippen LogP contribution in [0.3, 0.4) is 0 Å². The van der Waals surface area contributed by atoms with Crippen LogP contribution in [0.4, 0.5) is 23.8 Å². The fourth-order valence-electron chi connectivity index (χ4n) is 4.77. The number of amides is 2. The number of anilines is 1. The zero-order valence-corrected chi connectivity index (χ0v) is 26.0. The highest BCUT2D eigenvalue weighted by Crippen LogP contribution is 2.40. The van der Waals surface area contributed by atoms with Gasteiger partial charge in [0, 0.05) is 25.5 Å². The van der Waals surface area contributed by atoms with Crippen molar-refractivity contribution in [3.8, 4) is 0 Å². The lowest BCUT2D eigenvalue weighted by atomic mass is 9.81. The molecular formula is C29H40F3N5O5S. The summed E-state index contributed by atoms with van der Waals surface area (Å²) < 4.78 is 69.1. The molecule has 1 saturated carbocycles. The Hall–Kier alpha value is -3.42. The van der Waals surface area contributed by atoms with Gasteiger partial charge in [0.1, 0.15) is 11.4 Å². The minimum Gasteiger partial charge on any atom is -0.442 e. The van der Waals surface area contributed by atoms with Gasteiger partial charge in [-0.3, -0.25) is 14.8 Å². The predicted molar refractivity (Wildman–Crippen MR) is 155 cm³/mol. The minimum atomic E-state index is -4.22. The number of alkyl halides is 3. The van der Waals surface area contributed by atoms with Gasteiger partial charge >= 0.3 is 12.3 Å². The Morgan fingerprint density at radius 1 is 1.00 bits per heavy atom. The molecule has 0 radical (unpaired) electrons. The van der Waals surface area contributed by atoms with Crippen LogP contribution < -0.4 is 10.3 Å². The standard InChI is InChI=1S/C29H40F3N5O5S/c1-6-36(37(27(39)42-28(3,4)5)19-20-8-11-22(12-9-20)29(30,31)32)25-15-10-21(16-34-25)26(38)35-17-23-13-14-24(18-33-23)43(40,41)7-2/h10,13-16,18,20,22H,6-9,11-12,17,19H2,1-5H3,(H,35,38). The number of halogens is 3. The second-order valence-electron chi connectivity index (χ2n) is 11.5. The highest BCUT2D eigenvalue weighted by Gasteiger charge is 2.42. The minimum absolute atomic E-state index is 0.0159. The summed E-state index contributed by atoms with van der Waals surface area (Å²) in [6.07, 6.45) is -1.54.